The summed E-state index contributed by atoms with van der Waals surface area (Å²) in [7, 11) is 0. The fourth-order valence-electron chi connectivity index (χ4n) is 1.86. The molecule has 0 spiro atoms. The van der Waals surface area contributed by atoms with Crippen LogP contribution in [0.2, 0.25) is 0 Å². The minimum absolute atomic E-state index is 0.618. The Kier molecular flexibility index (Phi) is 2.54. The zero-order valence-corrected chi connectivity index (χ0v) is 8.11. The van der Waals surface area contributed by atoms with E-state index in [-0.39, 0.29) is 0 Å². The normalized spacial score (nSPS) is 23.6. The number of rotatable bonds is 3. The van der Waals surface area contributed by atoms with Crippen LogP contribution in [0.1, 0.15) is 13.3 Å². The Bertz CT molecular complexity index is 243. The quantitative estimate of drug-likeness (QED) is 0.750. The number of likely N-dealkylation sites (N-methyl/N-ethyl adjacent to an activating group) is 1. The number of hydrogen-bond donors (Lipinski definition) is 1. The molecule has 2 heterocycles. The summed E-state index contributed by atoms with van der Waals surface area (Å²) >= 11 is 0. The van der Waals surface area contributed by atoms with Crippen LogP contribution in [-0.4, -0.2) is 35.3 Å². The molecule has 1 atom stereocenters. The van der Waals surface area contributed by atoms with Crippen molar-refractivity contribution in [2.45, 2.75) is 19.4 Å². The van der Waals surface area contributed by atoms with E-state index in [0.29, 0.717) is 6.04 Å². The molecule has 1 aromatic heterocycles. The smallest absolute Gasteiger partial charge is 0.0563 e. The van der Waals surface area contributed by atoms with Crippen molar-refractivity contribution in [1.29, 1.82) is 0 Å². The minimum atomic E-state index is 0.618. The van der Waals surface area contributed by atoms with Crippen LogP contribution in [0, 0.1) is 0 Å². The minimum Gasteiger partial charge on any atom is -0.322 e. The van der Waals surface area contributed by atoms with Crippen LogP contribution in [0.15, 0.2) is 24.5 Å². The predicted octanol–water partition coefficient (Wildman–Crippen LogP) is 1.13. The Morgan fingerprint density at radius 1 is 1.38 bits per heavy atom. The van der Waals surface area contributed by atoms with Crippen LogP contribution in [-0.2, 0) is 0 Å². The van der Waals surface area contributed by atoms with Gasteiger partial charge in [-0.2, -0.15) is 0 Å². The molecule has 1 aromatic rings. The molecule has 13 heavy (non-hydrogen) atoms. The van der Waals surface area contributed by atoms with Gasteiger partial charge in [0.2, 0.25) is 0 Å². The molecule has 1 N–H and O–H groups in total. The summed E-state index contributed by atoms with van der Waals surface area (Å²) in [5.74, 6) is 0. The number of hydrogen-bond acceptors (Lipinski definition) is 2. The number of nitrogens with one attached hydrogen (secondary N) is 1. The molecule has 2 rings (SSSR count). The van der Waals surface area contributed by atoms with Crippen molar-refractivity contribution in [3.05, 3.63) is 24.5 Å². The van der Waals surface area contributed by atoms with Crippen molar-refractivity contribution in [3.63, 3.8) is 0 Å². The van der Waals surface area contributed by atoms with Gasteiger partial charge in [0.05, 0.1) is 6.04 Å². The summed E-state index contributed by atoms with van der Waals surface area (Å²) in [6.07, 6.45) is 5.36. The van der Waals surface area contributed by atoms with Crippen molar-refractivity contribution in [2.24, 2.45) is 0 Å². The Hall–Kier alpha value is -0.960. The van der Waals surface area contributed by atoms with E-state index in [1.54, 1.807) is 0 Å². The average Bonchev–Trinajstić information content (AvgIpc) is 2.76. The van der Waals surface area contributed by atoms with E-state index < -0.39 is 0 Å². The van der Waals surface area contributed by atoms with Gasteiger partial charge in [0, 0.05) is 25.5 Å². The second-order valence-corrected chi connectivity index (χ2v) is 3.60. The highest BCUT2D eigenvalue weighted by atomic mass is 15.4. The molecule has 0 amide bonds. The largest absolute Gasteiger partial charge is 0.322 e. The number of nitrogens with zero attached hydrogens (tertiary/aromatic N) is 2. The molecule has 1 unspecified atom stereocenters. The molecule has 1 aliphatic heterocycles. The lowest BCUT2D eigenvalue weighted by Crippen LogP contribution is -2.30. The van der Waals surface area contributed by atoms with Crippen LogP contribution < -0.4 is 5.43 Å². The Morgan fingerprint density at radius 2 is 2.15 bits per heavy atom. The van der Waals surface area contributed by atoms with E-state index in [1.165, 1.54) is 26.1 Å². The second kappa shape index (κ2) is 3.83. The highest BCUT2D eigenvalue weighted by Crippen LogP contribution is 2.09. The number of likely N-dealkylation sites (tertiary alicyclic amines) is 1. The number of aromatic nitrogens is 1. The molecule has 1 fully saturated rings. The van der Waals surface area contributed by atoms with Crippen LogP contribution >= 0.6 is 0 Å². The third-order valence-corrected chi connectivity index (χ3v) is 2.66. The van der Waals surface area contributed by atoms with Crippen molar-refractivity contribution in [1.82, 2.24) is 9.58 Å². The van der Waals surface area contributed by atoms with Crippen LogP contribution in [0.5, 0.6) is 0 Å². The molecule has 0 aliphatic carbocycles. The van der Waals surface area contributed by atoms with Gasteiger partial charge in [-0.25, -0.2) is 0 Å². The van der Waals surface area contributed by atoms with E-state index in [4.69, 9.17) is 0 Å². The van der Waals surface area contributed by atoms with Gasteiger partial charge in [-0.05, 0) is 25.1 Å². The van der Waals surface area contributed by atoms with Gasteiger partial charge in [-0.1, -0.05) is 6.92 Å². The monoisotopic (exact) mass is 179 g/mol. The van der Waals surface area contributed by atoms with Gasteiger partial charge >= 0.3 is 0 Å². The molecule has 1 aliphatic rings. The molecular weight excluding hydrogens is 162 g/mol. The lowest BCUT2D eigenvalue weighted by atomic mass is 10.3. The van der Waals surface area contributed by atoms with E-state index in [1.807, 2.05) is 16.8 Å². The average molecular weight is 179 g/mol. The summed E-state index contributed by atoms with van der Waals surface area (Å²) in [5.41, 5.74) is 3.46. The predicted molar refractivity (Wildman–Crippen MR) is 54.3 cm³/mol. The van der Waals surface area contributed by atoms with Crippen LogP contribution in [0.3, 0.4) is 0 Å². The molecule has 0 saturated carbocycles. The molecule has 72 valence electrons. The zero-order chi connectivity index (χ0) is 9.10. The van der Waals surface area contributed by atoms with E-state index >= 15 is 0 Å². The Labute approximate surface area is 79.3 Å². The van der Waals surface area contributed by atoms with Crippen molar-refractivity contribution < 1.29 is 0 Å². The fraction of sp³-hybridized carbons (Fsp3) is 0.600. The first kappa shape index (κ1) is 8.63. The summed E-state index contributed by atoms with van der Waals surface area (Å²) in [4.78, 5) is 2.47. The maximum atomic E-state index is 3.46. The molecule has 0 bridgehead atoms. The standard InChI is InChI=1S/C10H17N3/c1-2-12-8-5-10(9-12)11-13-6-3-4-7-13/h3-4,6-7,10-11H,2,5,8-9H2,1H3. The Balaban J connectivity index is 1.84. The molecule has 3 nitrogen and oxygen atoms in total. The summed E-state index contributed by atoms with van der Waals surface area (Å²) < 4.78 is 2.05. The van der Waals surface area contributed by atoms with Crippen molar-refractivity contribution >= 4 is 0 Å². The molecule has 3 heteroatoms. The van der Waals surface area contributed by atoms with E-state index in [9.17, 15) is 0 Å². The van der Waals surface area contributed by atoms with E-state index in [0.717, 1.165) is 0 Å². The fourth-order valence-corrected chi connectivity index (χ4v) is 1.86. The van der Waals surface area contributed by atoms with Gasteiger partial charge in [0.1, 0.15) is 0 Å². The highest BCUT2D eigenvalue weighted by molar-refractivity contribution is 4.97. The maximum absolute atomic E-state index is 3.46. The topological polar surface area (TPSA) is 20.2 Å². The van der Waals surface area contributed by atoms with Crippen LogP contribution in [0.4, 0.5) is 0 Å². The first-order valence-electron chi connectivity index (χ1n) is 5.00. The van der Waals surface area contributed by atoms with Gasteiger partial charge in [-0.3, -0.25) is 4.68 Å². The SMILES string of the molecule is CCN1CCC(Nn2cccc2)C1. The zero-order valence-electron chi connectivity index (χ0n) is 8.11. The van der Waals surface area contributed by atoms with Gasteiger partial charge in [0.15, 0.2) is 0 Å². The van der Waals surface area contributed by atoms with Gasteiger partial charge in [-0.15, -0.1) is 0 Å². The van der Waals surface area contributed by atoms with Crippen molar-refractivity contribution in [3.8, 4) is 0 Å². The Morgan fingerprint density at radius 3 is 2.77 bits per heavy atom. The molecule has 0 radical (unpaired) electrons. The third kappa shape index (κ3) is 2.04. The maximum Gasteiger partial charge on any atom is 0.0563 e. The highest BCUT2D eigenvalue weighted by Gasteiger charge is 2.20. The lowest BCUT2D eigenvalue weighted by molar-refractivity contribution is 0.354. The second-order valence-electron chi connectivity index (χ2n) is 3.60. The first-order valence-corrected chi connectivity index (χ1v) is 5.00. The van der Waals surface area contributed by atoms with E-state index in [2.05, 4.69) is 29.6 Å². The summed E-state index contributed by atoms with van der Waals surface area (Å²) in [5, 5.41) is 0. The molecular formula is C10H17N3. The molecule has 1 saturated heterocycles. The first-order chi connectivity index (χ1) is 6.38. The van der Waals surface area contributed by atoms with Gasteiger partial charge in [0.25, 0.3) is 0 Å². The van der Waals surface area contributed by atoms with Crippen molar-refractivity contribution in [2.75, 3.05) is 25.1 Å². The third-order valence-electron chi connectivity index (χ3n) is 2.66. The molecule has 0 aromatic carbocycles. The van der Waals surface area contributed by atoms with Crippen LogP contribution in [0.25, 0.3) is 0 Å². The lowest BCUT2D eigenvalue weighted by Gasteiger charge is -2.16. The summed E-state index contributed by atoms with van der Waals surface area (Å²) in [6, 6.07) is 4.70. The van der Waals surface area contributed by atoms with Gasteiger partial charge < -0.3 is 10.3 Å². The summed E-state index contributed by atoms with van der Waals surface area (Å²) in [6.45, 7) is 5.80.